The molecule has 34 heavy (non-hydrogen) atoms. The topological polar surface area (TPSA) is 70.8 Å². The molecule has 2 aliphatic heterocycles. The second-order valence-corrected chi connectivity index (χ2v) is 10.0. The van der Waals surface area contributed by atoms with Crippen LogP contribution in [0.5, 0.6) is 0 Å². The lowest BCUT2D eigenvalue weighted by Crippen LogP contribution is -2.46. The van der Waals surface area contributed by atoms with E-state index in [1.807, 2.05) is 35.0 Å². The number of benzene rings is 2. The van der Waals surface area contributed by atoms with Crippen LogP contribution in [0.15, 0.2) is 52.5 Å². The third-order valence-corrected chi connectivity index (χ3v) is 7.40. The first-order valence-electron chi connectivity index (χ1n) is 11.1. The van der Waals surface area contributed by atoms with Crippen LogP contribution in [0.4, 0.5) is 0 Å². The van der Waals surface area contributed by atoms with E-state index in [0.717, 1.165) is 53.4 Å². The molecule has 2 aliphatic rings. The average molecular weight is 494 g/mol. The number of nitrogens with zero attached hydrogens (tertiary/aromatic N) is 5. The Balaban J connectivity index is 1.35. The van der Waals surface area contributed by atoms with Crippen LogP contribution in [0.2, 0.25) is 5.02 Å². The van der Waals surface area contributed by atoms with Crippen LogP contribution in [-0.2, 0) is 11.3 Å². The van der Waals surface area contributed by atoms with Crippen molar-refractivity contribution in [3.05, 3.63) is 69.2 Å². The molecular weight excluding hydrogens is 470 g/mol. The number of fused-ring (bicyclic) bond motifs is 1. The monoisotopic (exact) mass is 493 g/mol. The summed E-state index contributed by atoms with van der Waals surface area (Å²) in [5.74, 6) is -0.214. The summed E-state index contributed by atoms with van der Waals surface area (Å²) in [6, 6.07) is 11.3. The molecule has 5 rings (SSSR count). The highest BCUT2D eigenvalue weighted by Crippen LogP contribution is 2.31. The molecule has 0 spiro atoms. The molecule has 9 heteroatoms. The third-order valence-electron chi connectivity index (χ3n) is 6.12. The zero-order chi connectivity index (χ0) is 23.8. The fourth-order valence-corrected chi connectivity index (χ4v) is 5.32. The van der Waals surface area contributed by atoms with Crippen molar-refractivity contribution in [2.75, 3.05) is 33.2 Å². The van der Waals surface area contributed by atoms with Crippen molar-refractivity contribution in [3.8, 4) is 0 Å². The first kappa shape index (κ1) is 22.8. The highest BCUT2D eigenvalue weighted by Gasteiger charge is 2.27. The van der Waals surface area contributed by atoms with Crippen molar-refractivity contribution in [1.29, 1.82) is 0 Å². The highest BCUT2D eigenvalue weighted by atomic mass is 35.5. The number of amides is 1. The molecule has 0 saturated carbocycles. The maximum absolute atomic E-state index is 12.5. The summed E-state index contributed by atoms with van der Waals surface area (Å²) < 4.78 is 1.87. The van der Waals surface area contributed by atoms with Crippen molar-refractivity contribution < 1.29 is 9.59 Å². The molecule has 0 atom stereocenters. The van der Waals surface area contributed by atoms with Gasteiger partial charge in [0.25, 0.3) is 5.91 Å². The number of likely N-dealkylation sites (N-methyl/N-ethyl adjacent to an activating group) is 1. The number of aliphatic imine (C=N–C) groups is 1. The number of rotatable bonds is 4. The Morgan fingerprint density at radius 1 is 1.15 bits per heavy atom. The zero-order valence-corrected chi connectivity index (χ0v) is 20.6. The van der Waals surface area contributed by atoms with Crippen molar-refractivity contribution in [3.63, 3.8) is 0 Å². The molecule has 3 aromatic rings. The molecule has 0 bridgehead atoms. The highest BCUT2D eigenvalue weighted by molar-refractivity contribution is 8.18. The number of ketones is 1. The van der Waals surface area contributed by atoms with E-state index in [1.165, 1.54) is 18.7 Å². The Morgan fingerprint density at radius 3 is 2.71 bits per heavy atom. The number of hydrogen-bond acceptors (Lipinski definition) is 6. The van der Waals surface area contributed by atoms with Crippen LogP contribution in [0.25, 0.3) is 17.0 Å². The Morgan fingerprint density at radius 2 is 1.94 bits per heavy atom. The van der Waals surface area contributed by atoms with Gasteiger partial charge in [-0.25, -0.2) is 0 Å². The van der Waals surface area contributed by atoms with Gasteiger partial charge in [-0.05, 0) is 67.2 Å². The molecule has 174 valence electrons. The van der Waals surface area contributed by atoms with Crippen LogP contribution >= 0.6 is 23.4 Å². The number of carbonyl (C=O) groups excluding carboxylic acids is 2. The molecule has 1 aromatic heterocycles. The SMILES string of the molecule is CC(=O)c1cc(Cl)ccc1Cn1ncc2cc(C=C3SC(N4CCN(C)CC4)=NC3=O)ccc21. The summed E-state index contributed by atoms with van der Waals surface area (Å²) in [4.78, 5) is 33.9. The maximum atomic E-state index is 12.5. The number of Topliss-reactive ketones (excluding diaryl/α,β-unsaturated/α-hetero) is 1. The van der Waals surface area contributed by atoms with Crippen molar-refractivity contribution in [2.45, 2.75) is 13.5 Å². The van der Waals surface area contributed by atoms with Gasteiger partial charge in [-0.3, -0.25) is 14.3 Å². The molecule has 0 unspecified atom stereocenters. The Bertz CT molecular complexity index is 1350. The van der Waals surface area contributed by atoms with Gasteiger partial charge in [-0.15, -0.1) is 0 Å². The molecule has 1 saturated heterocycles. The minimum absolute atomic E-state index is 0.0280. The summed E-state index contributed by atoms with van der Waals surface area (Å²) in [6.07, 6.45) is 3.69. The molecule has 1 amide bonds. The van der Waals surface area contributed by atoms with Gasteiger partial charge in [-0.1, -0.05) is 23.7 Å². The number of halogens is 1. The standard InChI is InChI=1S/C25H24ClN5O2S/c1-16(32)21-13-20(26)5-4-18(21)15-31-22-6-3-17(11-19(22)14-27-31)12-23-24(33)28-25(34-23)30-9-7-29(2)8-10-30/h3-6,11-14H,7-10,15H2,1-2H3. The number of aromatic nitrogens is 2. The molecule has 0 aliphatic carbocycles. The van der Waals surface area contributed by atoms with E-state index < -0.39 is 0 Å². The van der Waals surface area contributed by atoms with E-state index in [9.17, 15) is 9.59 Å². The molecule has 7 nitrogen and oxygen atoms in total. The van der Waals surface area contributed by atoms with Crippen LogP contribution in [0.3, 0.4) is 0 Å². The number of piperazine rings is 1. The predicted octanol–water partition coefficient (Wildman–Crippen LogP) is 4.16. The van der Waals surface area contributed by atoms with E-state index in [1.54, 1.807) is 18.3 Å². The van der Waals surface area contributed by atoms with Gasteiger partial charge in [0.05, 0.1) is 23.2 Å². The van der Waals surface area contributed by atoms with Crippen LogP contribution < -0.4 is 0 Å². The van der Waals surface area contributed by atoms with Crippen LogP contribution in [-0.4, -0.2) is 69.7 Å². The quantitative estimate of drug-likeness (QED) is 0.401. The van der Waals surface area contributed by atoms with Gasteiger partial charge >= 0.3 is 0 Å². The second kappa shape index (κ2) is 9.37. The number of thioether (sulfide) groups is 1. The summed E-state index contributed by atoms with van der Waals surface area (Å²) in [5, 5.41) is 6.82. The van der Waals surface area contributed by atoms with Gasteiger partial charge in [-0.2, -0.15) is 10.1 Å². The van der Waals surface area contributed by atoms with Gasteiger partial charge in [0, 0.05) is 42.2 Å². The van der Waals surface area contributed by atoms with E-state index in [2.05, 4.69) is 26.9 Å². The van der Waals surface area contributed by atoms with Crippen LogP contribution in [0, 0.1) is 0 Å². The second-order valence-electron chi connectivity index (χ2n) is 8.58. The molecule has 2 aromatic carbocycles. The van der Waals surface area contributed by atoms with Gasteiger partial charge in [0.1, 0.15) is 0 Å². The van der Waals surface area contributed by atoms with E-state index >= 15 is 0 Å². The van der Waals surface area contributed by atoms with Crippen molar-refractivity contribution in [2.24, 2.45) is 4.99 Å². The Labute approximate surface area is 207 Å². The summed E-state index contributed by atoms with van der Waals surface area (Å²) in [5.41, 5.74) is 3.35. The van der Waals surface area contributed by atoms with E-state index in [-0.39, 0.29) is 11.7 Å². The molecule has 3 heterocycles. The summed E-state index contributed by atoms with van der Waals surface area (Å²) in [6.45, 7) is 5.71. The molecular formula is C25H24ClN5O2S. The average Bonchev–Trinajstić information content (AvgIpc) is 3.38. The fourth-order valence-electron chi connectivity index (χ4n) is 4.18. The predicted molar refractivity (Wildman–Crippen MR) is 137 cm³/mol. The van der Waals surface area contributed by atoms with E-state index in [0.29, 0.717) is 22.0 Å². The van der Waals surface area contributed by atoms with Gasteiger partial charge in [0.2, 0.25) is 0 Å². The third kappa shape index (κ3) is 4.66. The van der Waals surface area contributed by atoms with Crippen LogP contribution in [0.1, 0.15) is 28.4 Å². The number of hydrogen-bond donors (Lipinski definition) is 0. The maximum Gasteiger partial charge on any atom is 0.286 e. The Hall–Kier alpha value is -2.94. The number of amidine groups is 1. The van der Waals surface area contributed by atoms with E-state index in [4.69, 9.17) is 11.6 Å². The minimum Gasteiger partial charge on any atom is -0.348 e. The van der Waals surface area contributed by atoms with Gasteiger partial charge < -0.3 is 9.80 Å². The largest absolute Gasteiger partial charge is 0.348 e. The zero-order valence-electron chi connectivity index (χ0n) is 19.0. The Kier molecular flexibility index (Phi) is 6.29. The lowest BCUT2D eigenvalue weighted by molar-refractivity contribution is -0.113. The summed E-state index contributed by atoms with van der Waals surface area (Å²) in [7, 11) is 2.10. The smallest absolute Gasteiger partial charge is 0.286 e. The lowest BCUT2D eigenvalue weighted by Gasteiger charge is -2.32. The first-order chi connectivity index (χ1) is 16.4. The molecule has 0 radical (unpaired) electrons. The molecule has 1 fully saturated rings. The fraction of sp³-hybridized carbons (Fsp3) is 0.280. The minimum atomic E-state index is -0.186. The van der Waals surface area contributed by atoms with Crippen molar-refractivity contribution >= 4 is 57.2 Å². The lowest BCUT2D eigenvalue weighted by atomic mass is 10.0. The number of carbonyl (C=O) groups is 2. The van der Waals surface area contributed by atoms with Gasteiger partial charge in [0.15, 0.2) is 11.0 Å². The van der Waals surface area contributed by atoms with Crippen molar-refractivity contribution in [1.82, 2.24) is 19.6 Å². The first-order valence-corrected chi connectivity index (χ1v) is 12.3. The normalized spacial score (nSPS) is 18.2. The summed E-state index contributed by atoms with van der Waals surface area (Å²) >= 11 is 7.52. The molecule has 0 N–H and O–H groups in total.